The molecule has 22 heavy (non-hydrogen) atoms. The highest BCUT2D eigenvalue weighted by Gasteiger charge is 2.08. The van der Waals surface area contributed by atoms with Crippen LogP contribution < -0.4 is 10.6 Å². The maximum Gasteiger partial charge on any atom is 0.319 e. The SMILES string of the molecule is Cc1cc(NC(=O)NCC(O)Cc2ccccc2)ccc1F. The standard InChI is InChI=1S/C17H19FN2O2/c1-12-9-14(7-8-16(12)18)20-17(22)19-11-15(21)10-13-5-3-2-4-6-13/h2-9,15,21H,10-11H2,1H3,(H2,19,20,22). The molecule has 0 aliphatic carbocycles. The van der Waals surface area contributed by atoms with Crippen LogP contribution in [0, 0.1) is 12.7 Å². The van der Waals surface area contributed by atoms with E-state index in [0.29, 0.717) is 17.7 Å². The summed E-state index contributed by atoms with van der Waals surface area (Å²) >= 11 is 0. The fraction of sp³-hybridized carbons (Fsp3) is 0.235. The fourth-order valence-electron chi connectivity index (χ4n) is 2.07. The second-order valence-corrected chi connectivity index (χ2v) is 5.14. The van der Waals surface area contributed by atoms with Gasteiger partial charge in [-0.25, -0.2) is 9.18 Å². The highest BCUT2D eigenvalue weighted by atomic mass is 19.1. The van der Waals surface area contributed by atoms with Gasteiger partial charge >= 0.3 is 6.03 Å². The molecule has 2 aromatic carbocycles. The zero-order valence-corrected chi connectivity index (χ0v) is 12.3. The summed E-state index contributed by atoms with van der Waals surface area (Å²) in [5.74, 6) is -0.316. The van der Waals surface area contributed by atoms with E-state index in [2.05, 4.69) is 10.6 Å². The summed E-state index contributed by atoms with van der Waals surface area (Å²) in [7, 11) is 0. The first-order valence-electron chi connectivity index (χ1n) is 7.07. The van der Waals surface area contributed by atoms with Crippen molar-refractivity contribution in [2.24, 2.45) is 0 Å². The van der Waals surface area contributed by atoms with Crippen molar-refractivity contribution in [3.63, 3.8) is 0 Å². The predicted molar refractivity (Wildman–Crippen MR) is 84.3 cm³/mol. The normalized spacial score (nSPS) is 11.8. The Morgan fingerprint density at radius 3 is 2.64 bits per heavy atom. The van der Waals surface area contributed by atoms with Crippen LogP contribution in [0.4, 0.5) is 14.9 Å². The van der Waals surface area contributed by atoms with Crippen LogP contribution in [0.15, 0.2) is 48.5 Å². The molecule has 0 heterocycles. The summed E-state index contributed by atoms with van der Waals surface area (Å²) in [5, 5.41) is 15.1. The quantitative estimate of drug-likeness (QED) is 0.795. The third-order valence-corrected chi connectivity index (χ3v) is 3.23. The smallest absolute Gasteiger partial charge is 0.319 e. The van der Waals surface area contributed by atoms with Crippen LogP contribution in [-0.2, 0) is 6.42 Å². The molecule has 2 aromatic rings. The molecular weight excluding hydrogens is 283 g/mol. The molecule has 2 amide bonds. The van der Waals surface area contributed by atoms with Gasteiger partial charge in [0, 0.05) is 18.7 Å². The molecule has 0 aliphatic heterocycles. The predicted octanol–water partition coefficient (Wildman–Crippen LogP) is 2.86. The van der Waals surface area contributed by atoms with Crippen LogP contribution in [0.25, 0.3) is 0 Å². The molecule has 2 rings (SSSR count). The Morgan fingerprint density at radius 1 is 1.23 bits per heavy atom. The number of nitrogens with one attached hydrogen (secondary N) is 2. The maximum atomic E-state index is 13.1. The van der Waals surface area contributed by atoms with E-state index < -0.39 is 12.1 Å². The van der Waals surface area contributed by atoms with Crippen molar-refractivity contribution in [1.82, 2.24) is 5.32 Å². The van der Waals surface area contributed by atoms with Gasteiger partial charge in [-0.2, -0.15) is 0 Å². The summed E-state index contributed by atoms with van der Waals surface area (Å²) in [5.41, 5.74) is 1.97. The van der Waals surface area contributed by atoms with E-state index in [9.17, 15) is 14.3 Å². The van der Waals surface area contributed by atoms with E-state index in [1.807, 2.05) is 30.3 Å². The molecule has 4 nitrogen and oxygen atoms in total. The van der Waals surface area contributed by atoms with E-state index in [4.69, 9.17) is 0 Å². The molecular formula is C17H19FN2O2. The van der Waals surface area contributed by atoms with Crippen LogP contribution >= 0.6 is 0 Å². The van der Waals surface area contributed by atoms with Crippen molar-refractivity contribution in [3.05, 3.63) is 65.5 Å². The van der Waals surface area contributed by atoms with E-state index in [1.54, 1.807) is 13.0 Å². The number of carbonyl (C=O) groups is 1. The minimum atomic E-state index is -0.664. The van der Waals surface area contributed by atoms with Crippen molar-refractivity contribution in [1.29, 1.82) is 0 Å². The average molecular weight is 302 g/mol. The molecule has 0 aliphatic rings. The number of anilines is 1. The number of aliphatic hydroxyl groups excluding tert-OH is 1. The van der Waals surface area contributed by atoms with Crippen molar-refractivity contribution < 1.29 is 14.3 Å². The van der Waals surface area contributed by atoms with Crippen LogP contribution in [0.2, 0.25) is 0 Å². The second kappa shape index (κ2) is 7.56. The molecule has 0 saturated carbocycles. The summed E-state index contributed by atoms with van der Waals surface area (Å²) in [6.45, 7) is 1.77. The maximum absolute atomic E-state index is 13.1. The highest BCUT2D eigenvalue weighted by molar-refractivity contribution is 5.89. The summed E-state index contributed by atoms with van der Waals surface area (Å²) in [4.78, 5) is 11.7. The van der Waals surface area contributed by atoms with Crippen LogP contribution in [0.1, 0.15) is 11.1 Å². The third kappa shape index (κ3) is 4.86. The molecule has 1 unspecified atom stereocenters. The third-order valence-electron chi connectivity index (χ3n) is 3.23. The van der Waals surface area contributed by atoms with Crippen LogP contribution in [-0.4, -0.2) is 23.8 Å². The van der Waals surface area contributed by atoms with Crippen molar-refractivity contribution in [3.8, 4) is 0 Å². The number of hydrogen-bond donors (Lipinski definition) is 3. The molecule has 0 aromatic heterocycles. The largest absolute Gasteiger partial charge is 0.391 e. The van der Waals surface area contributed by atoms with Crippen LogP contribution in [0.3, 0.4) is 0 Å². The highest BCUT2D eigenvalue weighted by Crippen LogP contribution is 2.13. The van der Waals surface area contributed by atoms with Crippen molar-refractivity contribution >= 4 is 11.7 Å². The van der Waals surface area contributed by atoms with E-state index in [1.165, 1.54) is 12.1 Å². The Kier molecular flexibility index (Phi) is 5.49. The minimum absolute atomic E-state index is 0.140. The zero-order chi connectivity index (χ0) is 15.9. The number of benzene rings is 2. The lowest BCUT2D eigenvalue weighted by atomic mass is 10.1. The first-order valence-corrected chi connectivity index (χ1v) is 7.07. The van der Waals surface area contributed by atoms with Gasteiger partial charge in [-0.3, -0.25) is 0 Å². The molecule has 116 valence electrons. The van der Waals surface area contributed by atoms with Gasteiger partial charge in [0.15, 0.2) is 0 Å². The minimum Gasteiger partial charge on any atom is -0.391 e. The topological polar surface area (TPSA) is 61.4 Å². The summed E-state index contributed by atoms with van der Waals surface area (Å²) < 4.78 is 13.1. The van der Waals surface area contributed by atoms with Gasteiger partial charge in [0.25, 0.3) is 0 Å². The molecule has 3 N–H and O–H groups in total. The lowest BCUT2D eigenvalue weighted by Gasteiger charge is -2.13. The number of aryl methyl sites for hydroxylation is 1. The van der Waals surface area contributed by atoms with Gasteiger partial charge in [0.05, 0.1) is 6.10 Å². The molecule has 0 bridgehead atoms. The van der Waals surface area contributed by atoms with E-state index >= 15 is 0 Å². The van der Waals surface area contributed by atoms with Crippen LogP contribution in [0.5, 0.6) is 0 Å². The van der Waals surface area contributed by atoms with Crippen molar-refractivity contribution in [2.75, 3.05) is 11.9 Å². The Hall–Kier alpha value is -2.40. The number of aliphatic hydroxyl groups is 1. The number of amides is 2. The van der Waals surface area contributed by atoms with Gasteiger partial charge in [0.1, 0.15) is 5.82 Å². The number of urea groups is 1. The number of carbonyl (C=O) groups excluding carboxylic acids is 1. The monoisotopic (exact) mass is 302 g/mol. The van der Waals surface area contributed by atoms with Gasteiger partial charge < -0.3 is 15.7 Å². The molecule has 0 spiro atoms. The average Bonchev–Trinajstić information content (AvgIpc) is 2.50. The molecule has 5 heteroatoms. The molecule has 0 radical (unpaired) electrons. The van der Waals surface area contributed by atoms with E-state index in [-0.39, 0.29) is 12.4 Å². The Morgan fingerprint density at radius 2 is 1.95 bits per heavy atom. The molecule has 0 fully saturated rings. The second-order valence-electron chi connectivity index (χ2n) is 5.14. The number of rotatable bonds is 5. The van der Waals surface area contributed by atoms with Gasteiger partial charge in [-0.05, 0) is 36.2 Å². The fourth-order valence-corrected chi connectivity index (χ4v) is 2.07. The lowest BCUT2D eigenvalue weighted by molar-refractivity contribution is 0.172. The van der Waals surface area contributed by atoms with Gasteiger partial charge in [-0.15, -0.1) is 0 Å². The van der Waals surface area contributed by atoms with Gasteiger partial charge in [-0.1, -0.05) is 30.3 Å². The first kappa shape index (κ1) is 16.0. The molecule has 1 atom stereocenters. The lowest BCUT2D eigenvalue weighted by Crippen LogP contribution is -2.36. The Labute approximate surface area is 129 Å². The number of hydrogen-bond acceptors (Lipinski definition) is 2. The van der Waals surface area contributed by atoms with E-state index in [0.717, 1.165) is 5.56 Å². The zero-order valence-electron chi connectivity index (χ0n) is 12.3. The Balaban J connectivity index is 1.78. The van der Waals surface area contributed by atoms with Gasteiger partial charge in [0.2, 0.25) is 0 Å². The first-order chi connectivity index (χ1) is 10.5. The summed E-state index contributed by atoms with van der Waals surface area (Å²) in [6, 6.07) is 13.5. The number of halogens is 1. The molecule has 0 saturated heterocycles. The Bertz CT molecular complexity index is 632. The summed E-state index contributed by atoms with van der Waals surface area (Å²) in [6.07, 6.45) is -0.195. The van der Waals surface area contributed by atoms with Crippen molar-refractivity contribution in [2.45, 2.75) is 19.4 Å².